The smallest absolute Gasteiger partial charge is 0.276 e. The molecule has 1 atom stereocenters. The second kappa shape index (κ2) is 10.1. The molecule has 0 saturated heterocycles. The Labute approximate surface area is 207 Å². The Hall–Kier alpha value is -3.80. The summed E-state index contributed by atoms with van der Waals surface area (Å²) in [5, 5.41) is 17.2. The molecule has 0 bridgehead atoms. The number of anilines is 3. The molecule has 12 heteroatoms. The van der Waals surface area contributed by atoms with Crippen LogP contribution in [-0.4, -0.2) is 55.6 Å². The van der Waals surface area contributed by atoms with E-state index in [2.05, 4.69) is 36.3 Å². The average molecular weight is 496 g/mol. The topological polar surface area (TPSA) is 151 Å². The van der Waals surface area contributed by atoms with Crippen LogP contribution in [0.2, 0.25) is 0 Å². The van der Waals surface area contributed by atoms with E-state index in [0.717, 1.165) is 50.4 Å². The van der Waals surface area contributed by atoms with Gasteiger partial charge in [0.15, 0.2) is 17.2 Å². The zero-order valence-electron chi connectivity index (χ0n) is 20.0. The van der Waals surface area contributed by atoms with E-state index in [1.165, 1.54) is 23.0 Å². The normalized spacial score (nSPS) is 20.5. The van der Waals surface area contributed by atoms with Gasteiger partial charge in [0, 0.05) is 30.4 Å². The molecule has 2 fully saturated rings. The average Bonchev–Trinajstić information content (AvgIpc) is 3.57. The summed E-state index contributed by atoms with van der Waals surface area (Å²) in [7, 11) is 0. The molecule has 2 saturated carbocycles. The first kappa shape index (κ1) is 23.9. The minimum atomic E-state index is -0.626. The molecule has 3 aromatic rings. The maximum atomic E-state index is 14.0. The third-order valence-corrected chi connectivity index (χ3v) is 6.50. The molecule has 36 heavy (non-hydrogen) atoms. The first-order chi connectivity index (χ1) is 17.4. The second-order valence-electron chi connectivity index (χ2n) is 9.54. The van der Waals surface area contributed by atoms with Crippen molar-refractivity contribution in [3.05, 3.63) is 42.2 Å². The lowest BCUT2D eigenvalue weighted by molar-refractivity contribution is -0.122. The Morgan fingerprint density at radius 2 is 1.75 bits per heavy atom. The summed E-state index contributed by atoms with van der Waals surface area (Å²) < 4.78 is 15.5. The first-order valence-electron chi connectivity index (χ1n) is 12.3. The molecule has 2 aliphatic rings. The van der Waals surface area contributed by atoms with Crippen molar-refractivity contribution in [3.8, 4) is 0 Å². The fourth-order valence-corrected chi connectivity index (χ4v) is 4.33. The van der Waals surface area contributed by atoms with Gasteiger partial charge in [-0.15, -0.1) is 5.10 Å². The van der Waals surface area contributed by atoms with Gasteiger partial charge in [0.25, 0.3) is 5.91 Å². The maximum Gasteiger partial charge on any atom is 0.276 e. The fraction of sp³-hybridized carbons (Fsp3) is 0.458. The highest BCUT2D eigenvalue weighted by molar-refractivity contribution is 6.03. The molecule has 0 aliphatic heterocycles. The van der Waals surface area contributed by atoms with Crippen molar-refractivity contribution < 1.29 is 14.0 Å². The van der Waals surface area contributed by atoms with Crippen LogP contribution in [-0.2, 0) is 4.79 Å². The van der Waals surface area contributed by atoms with Gasteiger partial charge in [-0.25, -0.2) is 13.9 Å². The standard InChI is InChI=1S/C24H30FN9O2/c1-13(26)23(35)31-16-6-4-15(5-7-16)30-21-10-19(29-14-2-3-14)22-28-12-20(34(22)33-21)24(36)32-18-8-9-27-11-17(18)25/h8-16,29H,2-7,26H2,1H3,(H,30,33)(H,31,35)(H,27,32,36)/t13-,15-,16-/m1/s1. The van der Waals surface area contributed by atoms with Crippen molar-refractivity contribution in [1.82, 2.24) is 24.9 Å². The number of nitrogens with two attached hydrogens (primary N) is 1. The molecule has 0 aromatic carbocycles. The van der Waals surface area contributed by atoms with Gasteiger partial charge in [0.2, 0.25) is 5.91 Å². The van der Waals surface area contributed by atoms with Gasteiger partial charge in [0.1, 0.15) is 5.82 Å². The summed E-state index contributed by atoms with van der Waals surface area (Å²) in [6.45, 7) is 1.68. The molecule has 3 aromatic heterocycles. The summed E-state index contributed by atoms with van der Waals surface area (Å²) in [5.41, 5.74) is 7.18. The van der Waals surface area contributed by atoms with Crippen molar-refractivity contribution in [3.63, 3.8) is 0 Å². The zero-order chi connectivity index (χ0) is 25.2. The van der Waals surface area contributed by atoms with Gasteiger partial charge in [-0.1, -0.05) is 0 Å². The van der Waals surface area contributed by atoms with Crippen LogP contribution < -0.4 is 27.0 Å². The van der Waals surface area contributed by atoms with Crippen LogP contribution in [0.4, 0.5) is 21.6 Å². The van der Waals surface area contributed by atoms with Gasteiger partial charge in [-0.3, -0.25) is 14.6 Å². The summed E-state index contributed by atoms with van der Waals surface area (Å²) >= 11 is 0. The van der Waals surface area contributed by atoms with E-state index in [1.54, 1.807) is 6.92 Å². The lowest BCUT2D eigenvalue weighted by atomic mass is 9.91. The van der Waals surface area contributed by atoms with Crippen LogP contribution in [0.5, 0.6) is 0 Å². The summed E-state index contributed by atoms with van der Waals surface area (Å²) in [4.78, 5) is 33.0. The quantitative estimate of drug-likeness (QED) is 0.319. The molecule has 0 radical (unpaired) electrons. The number of rotatable bonds is 8. The van der Waals surface area contributed by atoms with Crippen molar-refractivity contribution in [2.75, 3.05) is 16.0 Å². The molecule has 11 nitrogen and oxygen atoms in total. The van der Waals surface area contributed by atoms with Crippen LogP contribution in [0.3, 0.4) is 0 Å². The first-order valence-corrected chi connectivity index (χ1v) is 12.3. The zero-order valence-corrected chi connectivity index (χ0v) is 20.0. The third-order valence-electron chi connectivity index (χ3n) is 6.50. The van der Waals surface area contributed by atoms with Crippen LogP contribution in [0, 0.1) is 5.82 Å². The van der Waals surface area contributed by atoms with E-state index < -0.39 is 17.8 Å². The number of carbonyl (C=O) groups excluding carboxylic acids is 2. The van der Waals surface area contributed by atoms with Crippen molar-refractivity contribution in [1.29, 1.82) is 0 Å². The van der Waals surface area contributed by atoms with Gasteiger partial charge < -0.3 is 27.0 Å². The molecule has 6 N–H and O–H groups in total. The predicted octanol–water partition coefficient (Wildman–Crippen LogP) is 2.28. The molecule has 2 aliphatic carbocycles. The van der Waals surface area contributed by atoms with Gasteiger partial charge >= 0.3 is 0 Å². The predicted molar refractivity (Wildman–Crippen MR) is 133 cm³/mol. The Balaban J connectivity index is 1.34. The van der Waals surface area contributed by atoms with E-state index in [-0.39, 0.29) is 29.4 Å². The summed E-state index contributed by atoms with van der Waals surface area (Å²) in [6, 6.07) is 3.43. The minimum Gasteiger partial charge on any atom is -0.379 e. The van der Waals surface area contributed by atoms with E-state index in [1.807, 2.05) is 6.07 Å². The highest BCUT2D eigenvalue weighted by Crippen LogP contribution is 2.30. The molecular formula is C24H30FN9O2. The van der Waals surface area contributed by atoms with Crippen LogP contribution in [0.15, 0.2) is 30.7 Å². The number of hydrogen-bond donors (Lipinski definition) is 5. The highest BCUT2D eigenvalue weighted by atomic mass is 19.1. The van der Waals surface area contributed by atoms with Crippen molar-refractivity contribution in [2.45, 2.75) is 69.6 Å². The number of imidazole rings is 1. The number of nitrogens with one attached hydrogen (secondary N) is 4. The third kappa shape index (κ3) is 5.38. The van der Waals surface area contributed by atoms with E-state index in [9.17, 15) is 14.0 Å². The van der Waals surface area contributed by atoms with E-state index in [4.69, 9.17) is 5.73 Å². The Morgan fingerprint density at radius 1 is 1.06 bits per heavy atom. The number of hydrogen-bond acceptors (Lipinski definition) is 8. The van der Waals surface area contributed by atoms with Crippen molar-refractivity contribution >= 4 is 34.7 Å². The maximum absolute atomic E-state index is 14.0. The number of aromatic nitrogens is 4. The molecule has 3 heterocycles. The number of halogens is 1. The van der Waals surface area contributed by atoms with Crippen LogP contribution in [0.1, 0.15) is 55.9 Å². The monoisotopic (exact) mass is 495 g/mol. The number of carbonyl (C=O) groups is 2. The summed E-state index contributed by atoms with van der Waals surface area (Å²) in [6.07, 6.45) is 9.41. The molecular weight excluding hydrogens is 465 g/mol. The van der Waals surface area contributed by atoms with Gasteiger partial charge in [-0.05, 0) is 51.5 Å². The van der Waals surface area contributed by atoms with Crippen molar-refractivity contribution in [2.24, 2.45) is 5.73 Å². The number of fused-ring (bicyclic) bond motifs is 1. The molecule has 5 rings (SSSR count). The highest BCUT2D eigenvalue weighted by Gasteiger charge is 2.26. The van der Waals surface area contributed by atoms with Crippen LogP contribution >= 0.6 is 0 Å². The lowest BCUT2D eigenvalue weighted by Crippen LogP contribution is -2.46. The SMILES string of the molecule is C[C@@H](N)C(=O)N[C@H]1CC[C@H](Nc2cc(NC3CC3)c3ncc(C(=O)Nc4ccncc4F)n3n2)CC1. The van der Waals surface area contributed by atoms with E-state index in [0.29, 0.717) is 17.5 Å². The Kier molecular flexibility index (Phi) is 6.68. The molecule has 0 spiro atoms. The fourth-order valence-electron chi connectivity index (χ4n) is 4.33. The van der Waals surface area contributed by atoms with Crippen LogP contribution in [0.25, 0.3) is 5.65 Å². The molecule has 0 unspecified atom stereocenters. The Bertz CT molecular complexity index is 1270. The molecule has 190 valence electrons. The lowest BCUT2D eigenvalue weighted by Gasteiger charge is -2.30. The minimum absolute atomic E-state index is 0.0310. The number of amides is 2. The summed E-state index contributed by atoms with van der Waals surface area (Å²) in [5.74, 6) is -0.679. The Morgan fingerprint density at radius 3 is 2.44 bits per heavy atom. The van der Waals surface area contributed by atoms with Gasteiger partial charge in [-0.2, -0.15) is 0 Å². The number of nitrogens with zero attached hydrogens (tertiary/aromatic N) is 4. The largest absolute Gasteiger partial charge is 0.379 e. The van der Waals surface area contributed by atoms with E-state index >= 15 is 0 Å². The second-order valence-corrected chi connectivity index (χ2v) is 9.54. The van der Waals surface area contributed by atoms with Gasteiger partial charge in [0.05, 0.1) is 29.8 Å². The molecule has 2 amide bonds. The number of pyridine rings is 1.